The fourth-order valence-corrected chi connectivity index (χ4v) is 4.11. The zero-order chi connectivity index (χ0) is 18.6. The Kier molecular flexibility index (Phi) is 5.23. The molecule has 1 amide bonds. The first-order valence-electron chi connectivity index (χ1n) is 9.89. The molecule has 0 spiro atoms. The van der Waals surface area contributed by atoms with Crippen LogP contribution in [0.3, 0.4) is 0 Å². The first-order valence-corrected chi connectivity index (χ1v) is 9.89. The van der Waals surface area contributed by atoms with Crippen LogP contribution in [-0.2, 0) is 17.9 Å². The second-order valence-electron chi connectivity index (χ2n) is 7.37. The molecular weight excluding hydrogens is 338 g/mol. The van der Waals surface area contributed by atoms with Gasteiger partial charge in [0.05, 0.1) is 17.4 Å². The van der Waals surface area contributed by atoms with Gasteiger partial charge in [-0.05, 0) is 44.7 Å². The number of aromatic nitrogens is 4. The molecule has 4 rings (SSSR count). The number of aryl methyl sites for hydroxylation is 3. The highest BCUT2D eigenvalue weighted by molar-refractivity contribution is 5.78. The third kappa shape index (κ3) is 3.89. The molecule has 142 valence electrons. The first kappa shape index (κ1) is 17.8. The molecule has 1 aliphatic heterocycles. The Morgan fingerprint density at radius 2 is 2.04 bits per heavy atom. The second-order valence-corrected chi connectivity index (χ2v) is 7.37. The number of nitrogens with zero attached hydrogens (tertiary/aromatic N) is 5. The summed E-state index contributed by atoms with van der Waals surface area (Å²) >= 11 is 0. The van der Waals surface area contributed by atoms with Crippen LogP contribution in [0.1, 0.15) is 37.9 Å². The van der Waals surface area contributed by atoms with Gasteiger partial charge in [-0.25, -0.2) is 9.97 Å². The van der Waals surface area contributed by atoms with Crippen molar-refractivity contribution in [3.05, 3.63) is 48.8 Å². The van der Waals surface area contributed by atoms with Gasteiger partial charge in [0, 0.05) is 44.5 Å². The van der Waals surface area contributed by atoms with Gasteiger partial charge >= 0.3 is 0 Å². The number of likely N-dealkylation sites (tertiary alicyclic amines) is 1. The van der Waals surface area contributed by atoms with Crippen molar-refractivity contribution < 1.29 is 4.79 Å². The molecule has 1 aliphatic rings. The lowest BCUT2D eigenvalue weighted by Crippen LogP contribution is -2.44. The number of piperidine rings is 1. The Morgan fingerprint density at radius 3 is 2.89 bits per heavy atom. The molecule has 6 nitrogen and oxygen atoms in total. The molecule has 3 aromatic rings. The number of carbonyl (C=O) groups excluding carboxylic acids is 1. The average Bonchev–Trinajstić information content (AvgIpc) is 3.30. The van der Waals surface area contributed by atoms with E-state index in [4.69, 9.17) is 0 Å². The molecule has 1 saturated heterocycles. The van der Waals surface area contributed by atoms with E-state index in [1.165, 1.54) is 6.42 Å². The van der Waals surface area contributed by atoms with Crippen LogP contribution in [0.4, 0.5) is 0 Å². The Morgan fingerprint density at radius 1 is 1.15 bits per heavy atom. The normalized spacial score (nSPS) is 17.5. The van der Waals surface area contributed by atoms with Crippen LogP contribution in [0.25, 0.3) is 11.0 Å². The molecular formula is C21H27N5O. The number of fused-ring (bicyclic) bond motifs is 1. The highest BCUT2D eigenvalue weighted by Crippen LogP contribution is 2.22. The molecule has 3 heterocycles. The molecule has 1 atom stereocenters. The van der Waals surface area contributed by atoms with E-state index in [0.717, 1.165) is 49.2 Å². The van der Waals surface area contributed by atoms with Crippen LogP contribution >= 0.6 is 0 Å². The number of carbonyl (C=O) groups is 1. The Bertz CT molecular complexity index is 912. The van der Waals surface area contributed by atoms with E-state index in [-0.39, 0.29) is 5.91 Å². The van der Waals surface area contributed by atoms with E-state index in [1.807, 2.05) is 43.8 Å². The number of imidazole rings is 2. The molecule has 27 heavy (non-hydrogen) atoms. The maximum Gasteiger partial charge on any atom is 0.224 e. The zero-order valence-corrected chi connectivity index (χ0v) is 15.9. The number of hydrogen-bond acceptors (Lipinski definition) is 3. The van der Waals surface area contributed by atoms with E-state index in [9.17, 15) is 4.79 Å². The smallest absolute Gasteiger partial charge is 0.224 e. The van der Waals surface area contributed by atoms with E-state index >= 15 is 0 Å². The van der Waals surface area contributed by atoms with E-state index < -0.39 is 0 Å². The summed E-state index contributed by atoms with van der Waals surface area (Å²) in [6, 6.07) is 8.41. The van der Waals surface area contributed by atoms with Gasteiger partial charge in [0.1, 0.15) is 5.82 Å². The van der Waals surface area contributed by atoms with E-state index in [0.29, 0.717) is 19.0 Å². The standard InChI is InChI=1S/C21H27N5O/c1-17-22-11-15-24(17)13-9-18-6-4-5-12-26(18)21(27)10-14-25-16-23-19-7-2-3-8-20(19)25/h2-3,7-8,11,15-16,18H,4-6,9-10,12-14H2,1H3. The summed E-state index contributed by atoms with van der Waals surface area (Å²) in [4.78, 5) is 23.8. The Balaban J connectivity index is 1.37. The number of rotatable bonds is 6. The fourth-order valence-electron chi connectivity index (χ4n) is 4.11. The molecule has 0 radical (unpaired) electrons. The minimum absolute atomic E-state index is 0.264. The van der Waals surface area contributed by atoms with Crippen molar-refractivity contribution in [2.24, 2.45) is 0 Å². The molecule has 1 fully saturated rings. The minimum atomic E-state index is 0.264. The van der Waals surface area contributed by atoms with Crippen LogP contribution in [0.2, 0.25) is 0 Å². The molecule has 1 unspecified atom stereocenters. The largest absolute Gasteiger partial charge is 0.340 e. The van der Waals surface area contributed by atoms with Crippen LogP contribution in [-0.4, -0.2) is 42.5 Å². The average molecular weight is 365 g/mol. The second kappa shape index (κ2) is 7.94. The van der Waals surface area contributed by atoms with Crippen LogP contribution < -0.4 is 0 Å². The molecule has 0 aliphatic carbocycles. The fraction of sp³-hybridized carbons (Fsp3) is 0.476. The summed E-state index contributed by atoms with van der Waals surface area (Å²) in [7, 11) is 0. The summed E-state index contributed by atoms with van der Waals surface area (Å²) in [5, 5.41) is 0. The Hall–Kier alpha value is -2.63. The van der Waals surface area contributed by atoms with E-state index in [2.05, 4.69) is 30.1 Å². The number of amides is 1. The topological polar surface area (TPSA) is 56.0 Å². The zero-order valence-electron chi connectivity index (χ0n) is 15.9. The summed E-state index contributed by atoms with van der Waals surface area (Å²) in [5.41, 5.74) is 2.08. The van der Waals surface area contributed by atoms with Crippen molar-refractivity contribution in [2.45, 2.75) is 58.2 Å². The van der Waals surface area contributed by atoms with Gasteiger partial charge in [-0.2, -0.15) is 0 Å². The van der Waals surface area contributed by atoms with Gasteiger partial charge < -0.3 is 14.0 Å². The quantitative estimate of drug-likeness (QED) is 0.673. The Labute approximate surface area is 159 Å². The lowest BCUT2D eigenvalue weighted by Gasteiger charge is -2.36. The maximum atomic E-state index is 12.9. The predicted octanol–water partition coefficient (Wildman–Crippen LogP) is 3.40. The molecule has 1 aromatic carbocycles. The van der Waals surface area contributed by atoms with Gasteiger partial charge in [-0.15, -0.1) is 0 Å². The molecule has 0 bridgehead atoms. The summed E-state index contributed by atoms with van der Waals surface area (Å²) < 4.78 is 4.26. The SMILES string of the molecule is Cc1nccn1CCC1CCCCN1C(=O)CCn1cnc2ccccc21. The van der Waals surface area contributed by atoms with Gasteiger partial charge in [0.25, 0.3) is 0 Å². The monoisotopic (exact) mass is 365 g/mol. The van der Waals surface area contributed by atoms with Crippen molar-refractivity contribution in [3.8, 4) is 0 Å². The van der Waals surface area contributed by atoms with Crippen LogP contribution in [0.5, 0.6) is 0 Å². The summed E-state index contributed by atoms with van der Waals surface area (Å²) in [5.74, 6) is 1.30. The minimum Gasteiger partial charge on any atom is -0.340 e. The van der Waals surface area contributed by atoms with Crippen molar-refractivity contribution >= 4 is 16.9 Å². The molecule has 0 saturated carbocycles. The van der Waals surface area contributed by atoms with Crippen molar-refractivity contribution in [1.82, 2.24) is 24.0 Å². The van der Waals surface area contributed by atoms with Gasteiger partial charge in [-0.3, -0.25) is 4.79 Å². The van der Waals surface area contributed by atoms with Gasteiger partial charge in [0.2, 0.25) is 5.91 Å². The molecule has 2 aromatic heterocycles. The van der Waals surface area contributed by atoms with Crippen molar-refractivity contribution in [3.63, 3.8) is 0 Å². The summed E-state index contributed by atoms with van der Waals surface area (Å²) in [6.07, 6.45) is 10.7. The maximum absolute atomic E-state index is 12.9. The molecule has 6 heteroatoms. The number of para-hydroxylation sites is 2. The first-order chi connectivity index (χ1) is 13.2. The van der Waals surface area contributed by atoms with Gasteiger partial charge in [-0.1, -0.05) is 12.1 Å². The number of benzene rings is 1. The van der Waals surface area contributed by atoms with Gasteiger partial charge in [0.15, 0.2) is 0 Å². The molecule has 0 N–H and O–H groups in total. The lowest BCUT2D eigenvalue weighted by molar-refractivity contribution is -0.135. The van der Waals surface area contributed by atoms with Crippen molar-refractivity contribution in [2.75, 3.05) is 6.54 Å². The van der Waals surface area contributed by atoms with Crippen LogP contribution in [0, 0.1) is 6.92 Å². The number of hydrogen-bond donors (Lipinski definition) is 0. The highest BCUT2D eigenvalue weighted by Gasteiger charge is 2.26. The van der Waals surface area contributed by atoms with E-state index in [1.54, 1.807) is 0 Å². The van der Waals surface area contributed by atoms with Crippen molar-refractivity contribution in [1.29, 1.82) is 0 Å². The predicted molar refractivity (Wildman–Crippen MR) is 105 cm³/mol. The van der Waals surface area contributed by atoms with Crippen LogP contribution in [0.15, 0.2) is 43.0 Å². The summed E-state index contributed by atoms with van der Waals surface area (Å²) in [6.45, 7) is 4.52. The lowest BCUT2D eigenvalue weighted by atomic mass is 9.98. The third-order valence-electron chi connectivity index (χ3n) is 5.67. The third-order valence-corrected chi connectivity index (χ3v) is 5.67. The highest BCUT2D eigenvalue weighted by atomic mass is 16.2.